The Labute approximate surface area is 137 Å². The predicted molar refractivity (Wildman–Crippen MR) is 89.5 cm³/mol. The summed E-state index contributed by atoms with van der Waals surface area (Å²) in [7, 11) is 0. The monoisotopic (exact) mass is 323 g/mol. The third-order valence-corrected chi connectivity index (χ3v) is 4.09. The fourth-order valence-corrected chi connectivity index (χ4v) is 2.77. The van der Waals surface area contributed by atoms with Crippen LogP contribution in [0.2, 0.25) is 0 Å². The Bertz CT molecular complexity index is 847. The summed E-state index contributed by atoms with van der Waals surface area (Å²) in [5.41, 5.74) is 2.74. The average molecular weight is 323 g/mol. The number of nitriles is 1. The van der Waals surface area contributed by atoms with Gasteiger partial charge in [-0.3, -0.25) is 4.79 Å². The molecule has 1 aromatic carbocycles. The van der Waals surface area contributed by atoms with E-state index in [0.29, 0.717) is 23.4 Å². The van der Waals surface area contributed by atoms with Crippen molar-refractivity contribution >= 4 is 28.6 Å². The van der Waals surface area contributed by atoms with Crippen molar-refractivity contribution in [1.82, 2.24) is 0 Å². The van der Waals surface area contributed by atoms with Crippen LogP contribution in [0.1, 0.15) is 20.8 Å². The topological polar surface area (TPSA) is 78.1 Å². The van der Waals surface area contributed by atoms with Gasteiger partial charge in [-0.15, -0.1) is 11.3 Å². The minimum Gasteiger partial charge on any atom is -0.472 e. The predicted octanol–water partition coefficient (Wildman–Crippen LogP) is 4.08. The normalized spacial score (nSPS) is 10.0. The van der Waals surface area contributed by atoms with Crippen LogP contribution in [0, 0.1) is 11.3 Å². The van der Waals surface area contributed by atoms with Crippen molar-refractivity contribution in [2.24, 2.45) is 0 Å². The lowest BCUT2D eigenvalue weighted by molar-refractivity contribution is 0.102. The van der Waals surface area contributed by atoms with Crippen LogP contribution in [0.4, 0.5) is 11.4 Å². The van der Waals surface area contributed by atoms with E-state index in [0.717, 1.165) is 10.6 Å². The maximum absolute atomic E-state index is 12.0. The van der Waals surface area contributed by atoms with Crippen molar-refractivity contribution in [3.05, 3.63) is 70.3 Å². The number of hydrogen-bond donors (Lipinski definition) is 2. The van der Waals surface area contributed by atoms with Gasteiger partial charge in [-0.25, -0.2) is 0 Å². The van der Waals surface area contributed by atoms with Crippen molar-refractivity contribution in [3.63, 3.8) is 0 Å². The molecule has 5 nitrogen and oxygen atoms in total. The zero-order valence-corrected chi connectivity index (χ0v) is 12.9. The minimum absolute atomic E-state index is 0.215. The van der Waals surface area contributed by atoms with E-state index in [1.807, 2.05) is 35.7 Å². The van der Waals surface area contributed by atoms with Crippen LogP contribution in [0.15, 0.2) is 58.7 Å². The van der Waals surface area contributed by atoms with Crippen molar-refractivity contribution in [1.29, 1.82) is 5.26 Å². The van der Waals surface area contributed by atoms with Gasteiger partial charge in [-0.1, -0.05) is 6.07 Å². The average Bonchev–Trinajstić information content (AvgIpc) is 3.25. The smallest absolute Gasteiger partial charge is 0.258 e. The molecule has 0 spiro atoms. The lowest BCUT2D eigenvalue weighted by atomic mass is 10.2. The summed E-state index contributed by atoms with van der Waals surface area (Å²) in [4.78, 5) is 13.1. The summed E-state index contributed by atoms with van der Waals surface area (Å²) in [6, 6.07) is 13.1. The van der Waals surface area contributed by atoms with Gasteiger partial charge in [-0.05, 0) is 30.3 Å². The van der Waals surface area contributed by atoms with Crippen molar-refractivity contribution < 1.29 is 9.21 Å². The molecule has 0 radical (unpaired) electrons. The van der Waals surface area contributed by atoms with E-state index in [-0.39, 0.29) is 5.91 Å². The molecule has 114 valence electrons. The zero-order valence-electron chi connectivity index (χ0n) is 12.1. The molecule has 0 fully saturated rings. The summed E-state index contributed by atoms with van der Waals surface area (Å²) < 4.78 is 4.90. The van der Waals surface area contributed by atoms with Crippen molar-refractivity contribution in [2.75, 3.05) is 10.6 Å². The highest BCUT2D eigenvalue weighted by Crippen LogP contribution is 2.19. The van der Waals surface area contributed by atoms with E-state index in [9.17, 15) is 4.79 Å². The third kappa shape index (κ3) is 3.78. The molecule has 0 bridgehead atoms. The number of furan rings is 1. The first kappa shape index (κ1) is 14.9. The highest BCUT2D eigenvalue weighted by atomic mass is 32.1. The van der Waals surface area contributed by atoms with E-state index in [2.05, 4.69) is 16.7 Å². The fraction of sp³-hybridized carbons (Fsp3) is 0.0588. The Morgan fingerprint density at radius 2 is 2.13 bits per heavy atom. The summed E-state index contributed by atoms with van der Waals surface area (Å²) in [5.74, 6) is -0.215. The zero-order chi connectivity index (χ0) is 16.1. The molecule has 0 unspecified atom stereocenters. The van der Waals surface area contributed by atoms with Gasteiger partial charge in [0.05, 0.1) is 17.4 Å². The highest BCUT2D eigenvalue weighted by molar-refractivity contribution is 7.10. The van der Waals surface area contributed by atoms with E-state index in [4.69, 9.17) is 9.68 Å². The van der Waals surface area contributed by atoms with E-state index in [1.165, 1.54) is 12.5 Å². The van der Waals surface area contributed by atoms with Crippen LogP contribution < -0.4 is 10.6 Å². The van der Waals surface area contributed by atoms with Crippen LogP contribution in [0.25, 0.3) is 0 Å². The molecule has 0 saturated heterocycles. The van der Waals surface area contributed by atoms with Gasteiger partial charge in [0.1, 0.15) is 12.3 Å². The molecule has 1 amide bonds. The number of carbonyl (C=O) groups is 1. The number of thiophene rings is 1. The quantitative estimate of drug-likeness (QED) is 0.741. The van der Waals surface area contributed by atoms with Gasteiger partial charge >= 0.3 is 0 Å². The largest absolute Gasteiger partial charge is 0.472 e. The molecule has 0 atom stereocenters. The highest BCUT2D eigenvalue weighted by Gasteiger charge is 2.07. The molecule has 0 saturated carbocycles. The molecule has 0 aliphatic carbocycles. The van der Waals surface area contributed by atoms with Gasteiger partial charge < -0.3 is 15.1 Å². The van der Waals surface area contributed by atoms with Gasteiger partial charge in [0.25, 0.3) is 5.91 Å². The minimum atomic E-state index is -0.215. The van der Waals surface area contributed by atoms with Gasteiger partial charge in [0.15, 0.2) is 0 Å². The number of benzene rings is 1. The van der Waals surface area contributed by atoms with Crippen molar-refractivity contribution in [3.8, 4) is 6.07 Å². The van der Waals surface area contributed by atoms with Crippen molar-refractivity contribution in [2.45, 2.75) is 6.54 Å². The van der Waals surface area contributed by atoms with E-state index >= 15 is 0 Å². The SMILES string of the molecule is N#Cc1csc(CNc2cccc(NC(=O)c3ccoc3)c2)c1. The maximum atomic E-state index is 12.0. The van der Waals surface area contributed by atoms with Gasteiger partial charge in [0.2, 0.25) is 0 Å². The number of amides is 1. The van der Waals surface area contributed by atoms with E-state index in [1.54, 1.807) is 17.4 Å². The Morgan fingerprint density at radius 3 is 2.87 bits per heavy atom. The number of hydrogen-bond acceptors (Lipinski definition) is 5. The lowest BCUT2D eigenvalue weighted by Gasteiger charge is -2.08. The number of carbonyl (C=O) groups excluding carboxylic acids is 1. The number of rotatable bonds is 5. The third-order valence-electron chi connectivity index (χ3n) is 3.15. The first-order chi connectivity index (χ1) is 11.2. The Hall–Kier alpha value is -3.04. The molecule has 2 aromatic heterocycles. The van der Waals surface area contributed by atoms with Gasteiger partial charge in [-0.2, -0.15) is 5.26 Å². The van der Waals surface area contributed by atoms with Crippen LogP contribution in [-0.2, 0) is 6.54 Å². The molecule has 0 aliphatic rings. The first-order valence-corrected chi connectivity index (χ1v) is 7.77. The molecular formula is C17H13N3O2S. The Morgan fingerprint density at radius 1 is 1.26 bits per heavy atom. The molecule has 2 heterocycles. The van der Waals surface area contributed by atoms with Crippen LogP contribution >= 0.6 is 11.3 Å². The second-order valence-electron chi connectivity index (χ2n) is 4.81. The van der Waals surface area contributed by atoms with Crippen LogP contribution in [0.3, 0.4) is 0 Å². The first-order valence-electron chi connectivity index (χ1n) is 6.89. The maximum Gasteiger partial charge on any atom is 0.258 e. The fourth-order valence-electron chi connectivity index (χ4n) is 2.02. The molecule has 23 heavy (non-hydrogen) atoms. The molecular weight excluding hydrogens is 310 g/mol. The van der Waals surface area contributed by atoms with Crippen LogP contribution in [-0.4, -0.2) is 5.91 Å². The second kappa shape index (κ2) is 6.81. The molecule has 3 rings (SSSR count). The molecule has 0 aliphatic heterocycles. The summed E-state index contributed by atoms with van der Waals surface area (Å²) in [6.07, 6.45) is 2.87. The van der Waals surface area contributed by atoms with E-state index < -0.39 is 0 Å². The summed E-state index contributed by atoms with van der Waals surface area (Å²) in [5, 5.41) is 16.8. The Balaban J connectivity index is 1.63. The number of nitrogens with one attached hydrogen (secondary N) is 2. The summed E-state index contributed by atoms with van der Waals surface area (Å²) >= 11 is 1.54. The number of anilines is 2. The molecule has 2 N–H and O–H groups in total. The van der Waals surface area contributed by atoms with Gasteiger partial charge in [0, 0.05) is 28.2 Å². The van der Waals surface area contributed by atoms with Crippen LogP contribution in [0.5, 0.6) is 0 Å². The summed E-state index contributed by atoms with van der Waals surface area (Å²) in [6.45, 7) is 0.630. The Kier molecular flexibility index (Phi) is 4.41. The lowest BCUT2D eigenvalue weighted by Crippen LogP contribution is -2.11. The standard InChI is InChI=1S/C17H13N3O2S/c18-8-12-6-16(23-11-12)9-19-14-2-1-3-15(7-14)20-17(21)13-4-5-22-10-13/h1-7,10-11,19H,9H2,(H,20,21). The second-order valence-corrected chi connectivity index (χ2v) is 5.81. The molecule has 3 aromatic rings. The molecule has 6 heteroatoms. The number of nitrogens with zero attached hydrogens (tertiary/aromatic N) is 1.